The zero-order valence-corrected chi connectivity index (χ0v) is 18.2. The summed E-state index contributed by atoms with van der Waals surface area (Å²) in [6, 6.07) is 4.24. The molecule has 0 saturated carbocycles. The number of β-amino-alcohol motifs (C(OH)–C–C–N with tert-alkyl or cyclic N) is 1. The standard InChI is InChI=1S/C23H36N4O3/c1-19(28)25-21-8-15-26(16-9-21)18-23(30)10-3-14-27(17-11-23)22(29)5-2-4-20-6-12-24-13-7-20/h6-7,12-13,21,30H,2-5,8-11,14-18H2,1H3,(H,25,28). The van der Waals surface area contributed by atoms with E-state index in [-0.39, 0.29) is 17.9 Å². The number of amides is 2. The third kappa shape index (κ3) is 7.06. The SMILES string of the molecule is CC(=O)NC1CCN(CC2(O)CCCN(C(=O)CCCc3ccncc3)CC2)CC1. The molecule has 0 radical (unpaired) electrons. The fraction of sp³-hybridized carbons (Fsp3) is 0.696. The highest BCUT2D eigenvalue weighted by atomic mass is 16.3. The Hall–Kier alpha value is -1.99. The third-order valence-corrected chi connectivity index (χ3v) is 6.39. The van der Waals surface area contributed by atoms with E-state index in [1.807, 2.05) is 17.0 Å². The molecule has 7 nitrogen and oxygen atoms in total. The molecule has 2 fully saturated rings. The summed E-state index contributed by atoms with van der Waals surface area (Å²) < 4.78 is 0. The summed E-state index contributed by atoms with van der Waals surface area (Å²) in [7, 11) is 0. The normalized spacial score (nSPS) is 23.7. The Morgan fingerprint density at radius 2 is 1.90 bits per heavy atom. The molecule has 0 spiro atoms. The first-order valence-corrected chi connectivity index (χ1v) is 11.3. The van der Waals surface area contributed by atoms with Crippen LogP contribution in [0.5, 0.6) is 0 Å². The number of carbonyl (C=O) groups is 2. The van der Waals surface area contributed by atoms with Crippen molar-refractivity contribution in [2.75, 3.05) is 32.7 Å². The monoisotopic (exact) mass is 416 g/mol. The van der Waals surface area contributed by atoms with Gasteiger partial charge in [-0.25, -0.2) is 0 Å². The molecule has 1 aromatic rings. The van der Waals surface area contributed by atoms with Crippen LogP contribution in [0, 0.1) is 0 Å². The van der Waals surface area contributed by atoms with Crippen molar-refractivity contribution in [3.63, 3.8) is 0 Å². The molecule has 1 aromatic heterocycles. The fourth-order valence-electron chi connectivity index (χ4n) is 4.68. The molecular weight excluding hydrogens is 380 g/mol. The lowest BCUT2D eigenvalue weighted by atomic mass is 9.93. The van der Waals surface area contributed by atoms with Crippen LogP contribution < -0.4 is 5.32 Å². The van der Waals surface area contributed by atoms with Crippen LogP contribution in [0.4, 0.5) is 0 Å². The fourth-order valence-corrected chi connectivity index (χ4v) is 4.68. The lowest BCUT2D eigenvalue weighted by molar-refractivity contribution is -0.131. The zero-order valence-electron chi connectivity index (χ0n) is 18.2. The summed E-state index contributed by atoms with van der Waals surface area (Å²) in [5.74, 6) is 0.228. The van der Waals surface area contributed by atoms with Crippen LogP contribution in [0.15, 0.2) is 24.5 Å². The minimum absolute atomic E-state index is 0.0291. The van der Waals surface area contributed by atoms with Crippen LogP contribution in [-0.2, 0) is 16.0 Å². The van der Waals surface area contributed by atoms with Gasteiger partial charge in [0.1, 0.15) is 0 Å². The number of pyridine rings is 1. The molecule has 0 bridgehead atoms. The van der Waals surface area contributed by atoms with Gasteiger partial charge in [0, 0.05) is 64.5 Å². The van der Waals surface area contributed by atoms with Crippen molar-refractivity contribution >= 4 is 11.8 Å². The molecule has 166 valence electrons. The molecule has 7 heteroatoms. The van der Waals surface area contributed by atoms with Gasteiger partial charge in [0.05, 0.1) is 5.60 Å². The molecule has 3 rings (SSSR count). The number of piperidine rings is 1. The number of rotatable bonds is 7. The predicted molar refractivity (Wildman–Crippen MR) is 116 cm³/mol. The first kappa shape index (κ1) is 22.7. The highest BCUT2D eigenvalue weighted by molar-refractivity contribution is 5.76. The van der Waals surface area contributed by atoms with Gasteiger partial charge >= 0.3 is 0 Å². The van der Waals surface area contributed by atoms with E-state index in [0.29, 0.717) is 25.9 Å². The number of nitrogens with zero attached hydrogens (tertiary/aromatic N) is 3. The van der Waals surface area contributed by atoms with Gasteiger partial charge in [0.25, 0.3) is 0 Å². The van der Waals surface area contributed by atoms with Gasteiger partial charge in [-0.3, -0.25) is 14.6 Å². The van der Waals surface area contributed by atoms with Gasteiger partial charge in [-0.05, 0) is 62.6 Å². The minimum atomic E-state index is -0.729. The summed E-state index contributed by atoms with van der Waals surface area (Å²) in [4.78, 5) is 32.1. The number of carbonyl (C=O) groups excluding carboxylic acids is 2. The lowest BCUT2D eigenvalue weighted by Crippen LogP contribution is -2.50. The van der Waals surface area contributed by atoms with E-state index in [9.17, 15) is 14.7 Å². The number of likely N-dealkylation sites (tertiary alicyclic amines) is 2. The highest BCUT2D eigenvalue weighted by Gasteiger charge is 2.34. The van der Waals surface area contributed by atoms with Crippen molar-refractivity contribution in [3.05, 3.63) is 30.1 Å². The topological polar surface area (TPSA) is 85.8 Å². The van der Waals surface area contributed by atoms with Crippen molar-refractivity contribution in [2.24, 2.45) is 0 Å². The Labute approximate surface area is 179 Å². The maximum absolute atomic E-state index is 12.7. The molecule has 30 heavy (non-hydrogen) atoms. The minimum Gasteiger partial charge on any atom is -0.388 e. The number of nitrogens with one attached hydrogen (secondary N) is 1. The van der Waals surface area contributed by atoms with Crippen LogP contribution in [-0.4, -0.2) is 76.1 Å². The smallest absolute Gasteiger partial charge is 0.222 e. The van der Waals surface area contributed by atoms with Gasteiger partial charge in [0.2, 0.25) is 11.8 Å². The van der Waals surface area contributed by atoms with Gasteiger partial charge in [-0.15, -0.1) is 0 Å². The van der Waals surface area contributed by atoms with E-state index >= 15 is 0 Å². The Kier molecular flexibility index (Phi) is 8.22. The van der Waals surface area contributed by atoms with Crippen molar-refractivity contribution in [1.29, 1.82) is 0 Å². The molecule has 3 heterocycles. The molecule has 1 unspecified atom stereocenters. The molecule has 2 aliphatic rings. The second-order valence-electron chi connectivity index (χ2n) is 8.92. The van der Waals surface area contributed by atoms with Crippen LogP contribution >= 0.6 is 0 Å². The van der Waals surface area contributed by atoms with E-state index in [0.717, 1.165) is 58.2 Å². The van der Waals surface area contributed by atoms with Crippen molar-refractivity contribution in [3.8, 4) is 0 Å². The number of aliphatic hydroxyl groups is 1. The van der Waals surface area contributed by atoms with Crippen LogP contribution in [0.25, 0.3) is 0 Å². The second-order valence-corrected chi connectivity index (χ2v) is 8.92. The van der Waals surface area contributed by atoms with Gasteiger partial charge in [-0.2, -0.15) is 0 Å². The Balaban J connectivity index is 1.40. The van der Waals surface area contributed by atoms with E-state index in [4.69, 9.17) is 0 Å². The largest absolute Gasteiger partial charge is 0.388 e. The van der Waals surface area contributed by atoms with Crippen LogP contribution in [0.1, 0.15) is 57.4 Å². The summed E-state index contributed by atoms with van der Waals surface area (Å²) >= 11 is 0. The average molecular weight is 417 g/mol. The summed E-state index contributed by atoms with van der Waals surface area (Å²) in [6.07, 6.45) is 9.92. The van der Waals surface area contributed by atoms with E-state index in [2.05, 4.69) is 15.2 Å². The zero-order chi connectivity index (χ0) is 21.4. The Morgan fingerprint density at radius 3 is 2.60 bits per heavy atom. The molecule has 2 aliphatic heterocycles. The van der Waals surface area contributed by atoms with Crippen LogP contribution in [0.3, 0.4) is 0 Å². The summed E-state index contributed by atoms with van der Waals surface area (Å²) in [6.45, 7) is 5.38. The number of aryl methyl sites for hydroxylation is 1. The van der Waals surface area contributed by atoms with E-state index in [1.54, 1.807) is 19.3 Å². The van der Waals surface area contributed by atoms with Crippen molar-refractivity contribution < 1.29 is 14.7 Å². The van der Waals surface area contributed by atoms with Crippen molar-refractivity contribution in [1.82, 2.24) is 20.1 Å². The molecule has 1 atom stereocenters. The lowest BCUT2D eigenvalue weighted by Gasteiger charge is -2.38. The van der Waals surface area contributed by atoms with Crippen molar-refractivity contribution in [2.45, 2.75) is 69.9 Å². The average Bonchev–Trinajstić information content (AvgIpc) is 2.91. The van der Waals surface area contributed by atoms with Gasteiger partial charge in [0.15, 0.2) is 0 Å². The maximum atomic E-state index is 12.7. The van der Waals surface area contributed by atoms with E-state index in [1.165, 1.54) is 5.56 Å². The van der Waals surface area contributed by atoms with Crippen LogP contribution in [0.2, 0.25) is 0 Å². The summed E-state index contributed by atoms with van der Waals surface area (Å²) in [5.41, 5.74) is 0.484. The number of aromatic nitrogens is 1. The quantitative estimate of drug-likeness (QED) is 0.707. The first-order chi connectivity index (χ1) is 14.4. The number of hydrogen-bond donors (Lipinski definition) is 2. The number of hydrogen-bond acceptors (Lipinski definition) is 5. The first-order valence-electron chi connectivity index (χ1n) is 11.3. The summed E-state index contributed by atoms with van der Waals surface area (Å²) in [5, 5.41) is 14.2. The third-order valence-electron chi connectivity index (χ3n) is 6.39. The Bertz CT molecular complexity index is 691. The second kappa shape index (κ2) is 10.9. The molecular formula is C23H36N4O3. The Morgan fingerprint density at radius 1 is 1.17 bits per heavy atom. The molecule has 2 amide bonds. The maximum Gasteiger partial charge on any atom is 0.222 e. The molecule has 2 saturated heterocycles. The molecule has 0 aromatic carbocycles. The van der Waals surface area contributed by atoms with Gasteiger partial charge in [-0.1, -0.05) is 0 Å². The molecule has 0 aliphatic carbocycles. The highest BCUT2D eigenvalue weighted by Crippen LogP contribution is 2.25. The van der Waals surface area contributed by atoms with Gasteiger partial charge < -0.3 is 20.2 Å². The predicted octanol–water partition coefficient (Wildman–Crippen LogP) is 1.75. The molecule has 2 N–H and O–H groups in total. The van der Waals surface area contributed by atoms with E-state index < -0.39 is 5.60 Å².